The molecule has 0 spiro atoms. The molecule has 0 radical (unpaired) electrons. The molecule has 1 aromatic rings. The summed E-state index contributed by atoms with van der Waals surface area (Å²) in [5.74, 6) is 0. The molecule has 0 saturated carbocycles. The first-order valence-electron chi connectivity index (χ1n) is 8.08. The Labute approximate surface area is 134 Å². The van der Waals surface area contributed by atoms with Crippen molar-refractivity contribution in [1.82, 2.24) is 10.2 Å². The molecular weight excluding hydrogens is 282 g/mol. The monoisotopic (exact) mass is 309 g/mol. The second-order valence-electron chi connectivity index (χ2n) is 6.04. The van der Waals surface area contributed by atoms with Crippen LogP contribution in [0.15, 0.2) is 24.3 Å². The van der Waals surface area contributed by atoms with Gasteiger partial charge in [-0.05, 0) is 32.4 Å². The number of nitrogens with one attached hydrogen (secondary N) is 1. The lowest BCUT2D eigenvalue weighted by atomic mass is 10.2. The van der Waals surface area contributed by atoms with Gasteiger partial charge in [-0.25, -0.2) is 0 Å². The highest BCUT2D eigenvalue weighted by Gasteiger charge is 2.22. The van der Waals surface area contributed by atoms with Gasteiger partial charge in [0, 0.05) is 44.8 Å². The van der Waals surface area contributed by atoms with Gasteiger partial charge in [0.2, 0.25) is 0 Å². The van der Waals surface area contributed by atoms with E-state index in [-0.39, 0.29) is 0 Å². The minimum Gasteiger partial charge on any atom is -0.368 e. The van der Waals surface area contributed by atoms with E-state index in [9.17, 15) is 0 Å². The molecular formula is C17H28ClN3. The number of piperazine rings is 1. The summed E-state index contributed by atoms with van der Waals surface area (Å²) < 4.78 is 0. The van der Waals surface area contributed by atoms with Gasteiger partial charge < -0.3 is 10.2 Å². The van der Waals surface area contributed by atoms with Crippen LogP contribution in [0.2, 0.25) is 5.02 Å². The maximum absolute atomic E-state index is 6.29. The Morgan fingerprint density at radius 1 is 1.14 bits per heavy atom. The van der Waals surface area contributed by atoms with Crippen molar-refractivity contribution in [3.63, 3.8) is 0 Å². The predicted molar refractivity (Wildman–Crippen MR) is 92.5 cm³/mol. The lowest BCUT2D eigenvalue weighted by molar-refractivity contribution is 0.190. The number of hydrogen-bond acceptors (Lipinski definition) is 3. The molecule has 2 unspecified atom stereocenters. The number of rotatable bonds is 6. The maximum atomic E-state index is 6.29. The normalized spacial score (nSPS) is 19.5. The Morgan fingerprint density at radius 3 is 2.43 bits per heavy atom. The van der Waals surface area contributed by atoms with Gasteiger partial charge in [-0.3, -0.25) is 4.90 Å². The maximum Gasteiger partial charge on any atom is 0.0639 e. The largest absolute Gasteiger partial charge is 0.368 e. The fourth-order valence-electron chi connectivity index (χ4n) is 2.76. The van der Waals surface area contributed by atoms with E-state index in [2.05, 4.69) is 48.0 Å². The van der Waals surface area contributed by atoms with Gasteiger partial charge in [0.1, 0.15) is 0 Å². The minimum atomic E-state index is 0.590. The predicted octanol–water partition coefficient (Wildman–Crippen LogP) is 3.24. The van der Waals surface area contributed by atoms with Gasteiger partial charge in [-0.2, -0.15) is 0 Å². The van der Waals surface area contributed by atoms with Crippen molar-refractivity contribution in [1.29, 1.82) is 0 Å². The van der Waals surface area contributed by atoms with Crippen LogP contribution in [-0.4, -0.2) is 49.7 Å². The van der Waals surface area contributed by atoms with Gasteiger partial charge in [0.25, 0.3) is 0 Å². The number of anilines is 1. The topological polar surface area (TPSA) is 18.5 Å². The molecule has 0 aliphatic carbocycles. The van der Waals surface area contributed by atoms with Crippen LogP contribution in [-0.2, 0) is 0 Å². The van der Waals surface area contributed by atoms with E-state index >= 15 is 0 Å². The van der Waals surface area contributed by atoms with Gasteiger partial charge in [0.15, 0.2) is 0 Å². The Bertz CT molecular complexity index is 430. The van der Waals surface area contributed by atoms with E-state index in [1.807, 2.05) is 12.1 Å². The highest BCUT2D eigenvalue weighted by molar-refractivity contribution is 6.33. The Hall–Kier alpha value is -0.770. The molecule has 1 N–H and O–H groups in total. The molecule has 0 bridgehead atoms. The smallest absolute Gasteiger partial charge is 0.0639 e. The number of hydrogen-bond donors (Lipinski definition) is 1. The van der Waals surface area contributed by atoms with Crippen LogP contribution in [0, 0.1) is 0 Å². The van der Waals surface area contributed by atoms with Crippen LogP contribution in [0.3, 0.4) is 0 Å². The highest BCUT2D eigenvalue weighted by Crippen LogP contribution is 2.26. The van der Waals surface area contributed by atoms with Gasteiger partial charge in [-0.15, -0.1) is 0 Å². The molecule has 3 nitrogen and oxygen atoms in total. The summed E-state index contributed by atoms with van der Waals surface area (Å²) >= 11 is 6.29. The number of para-hydroxylation sites is 1. The molecule has 1 aliphatic heterocycles. The summed E-state index contributed by atoms with van der Waals surface area (Å²) in [5.41, 5.74) is 1.17. The van der Waals surface area contributed by atoms with Crippen molar-refractivity contribution in [3.8, 4) is 0 Å². The van der Waals surface area contributed by atoms with Crippen LogP contribution < -0.4 is 10.2 Å². The number of benzene rings is 1. The van der Waals surface area contributed by atoms with E-state index in [1.165, 1.54) is 12.1 Å². The van der Waals surface area contributed by atoms with Crippen molar-refractivity contribution in [2.24, 2.45) is 0 Å². The third-order valence-electron chi connectivity index (χ3n) is 4.50. The Kier molecular flexibility index (Phi) is 6.34. The summed E-state index contributed by atoms with van der Waals surface area (Å²) in [6.07, 6.45) is 1.19. The standard InChI is InChI=1S/C17H28ClN3/c1-4-14(2)19-13-15(3)20-9-11-21(12-10-20)17-8-6-5-7-16(17)18/h5-8,14-15,19H,4,9-13H2,1-3H3. The first-order chi connectivity index (χ1) is 10.1. The molecule has 0 aromatic heterocycles. The SMILES string of the molecule is CCC(C)NCC(C)N1CCN(c2ccccc2Cl)CC1. The molecule has 21 heavy (non-hydrogen) atoms. The quantitative estimate of drug-likeness (QED) is 0.870. The minimum absolute atomic E-state index is 0.590. The van der Waals surface area contributed by atoms with Crippen LogP contribution in [0.1, 0.15) is 27.2 Å². The Morgan fingerprint density at radius 2 is 1.81 bits per heavy atom. The van der Waals surface area contributed by atoms with Gasteiger partial charge >= 0.3 is 0 Å². The highest BCUT2D eigenvalue weighted by atomic mass is 35.5. The molecule has 118 valence electrons. The first kappa shape index (κ1) is 16.6. The first-order valence-corrected chi connectivity index (χ1v) is 8.46. The van der Waals surface area contributed by atoms with E-state index in [4.69, 9.17) is 11.6 Å². The van der Waals surface area contributed by atoms with Crippen LogP contribution in [0.4, 0.5) is 5.69 Å². The average Bonchev–Trinajstić information content (AvgIpc) is 2.53. The second-order valence-corrected chi connectivity index (χ2v) is 6.45. The number of halogens is 1. The van der Waals surface area contributed by atoms with E-state index in [0.29, 0.717) is 12.1 Å². The summed E-state index contributed by atoms with van der Waals surface area (Å²) in [6, 6.07) is 9.34. The Balaban J connectivity index is 1.81. The van der Waals surface area contributed by atoms with Gasteiger partial charge in [-0.1, -0.05) is 30.7 Å². The van der Waals surface area contributed by atoms with Crippen molar-refractivity contribution >= 4 is 17.3 Å². The third kappa shape index (κ3) is 4.60. The molecule has 1 aliphatic rings. The molecule has 2 rings (SSSR count). The van der Waals surface area contributed by atoms with Crippen molar-refractivity contribution in [3.05, 3.63) is 29.3 Å². The van der Waals surface area contributed by atoms with Crippen LogP contribution >= 0.6 is 11.6 Å². The summed E-state index contributed by atoms with van der Waals surface area (Å²) in [4.78, 5) is 4.97. The molecule has 4 heteroatoms. The molecule has 1 aromatic carbocycles. The third-order valence-corrected chi connectivity index (χ3v) is 4.82. The van der Waals surface area contributed by atoms with E-state index in [1.54, 1.807) is 0 Å². The molecule has 0 amide bonds. The van der Waals surface area contributed by atoms with Gasteiger partial charge in [0.05, 0.1) is 10.7 Å². The lowest BCUT2D eigenvalue weighted by Gasteiger charge is -2.39. The average molecular weight is 310 g/mol. The zero-order chi connectivity index (χ0) is 15.2. The van der Waals surface area contributed by atoms with Crippen LogP contribution in [0.5, 0.6) is 0 Å². The molecule has 1 fully saturated rings. The van der Waals surface area contributed by atoms with Crippen molar-refractivity contribution in [2.75, 3.05) is 37.6 Å². The molecule has 2 atom stereocenters. The fraction of sp³-hybridized carbons (Fsp3) is 0.647. The lowest BCUT2D eigenvalue weighted by Crippen LogP contribution is -2.52. The summed E-state index contributed by atoms with van der Waals surface area (Å²) in [7, 11) is 0. The number of nitrogens with zero attached hydrogens (tertiary/aromatic N) is 2. The second kappa shape index (κ2) is 8.02. The van der Waals surface area contributed by atoms with E-state index in [0.717, 1.165) is 37.7 Å². The zero-order valence-corrected chi connectivity index (χ0v) is 14.2. The van der Waals surface area contributed by atoms with Crippen molar-refractivity contribution < 1.29 is 0 Å². The van der Waals surface area contributed by atoms with Crippen LogP contribution in [0.25, 0.3) is 0 Å². The van der Waals surface area contributed by atoms with E-state index < -0.39 is 0 Å². The molecule has 1 saturated heterocycles. The zero-order valence-electron chi connectivity index (χ0n) is 13.5. The van der Waals surface area contributed by atoms with Crippen molar-refractivity contribution in [2.45, 2.75) is 39.3 Å². The summed E-state index contributed by atoms with van der Waals surface area (Å²) in [5, 5.41) is 4.46. The summed E-state index contributed by atoms with van der Waals surface area (Å²) in [6.45, 7) is 12.2. The molecule has 1 heterocycles. The fourth-order valence-corrected chi connectivity index (χ4v) is 3.01.